The van der Waals surface area contributed by atoms with Crippen LogP contribution in [0.2, 0.25) is 0 Å². The highest BCUT2D eigenvalue weighted by Crippen LogP contribution is 2.33. The molecule has 1 amide bonds. The first-order valence-corrected chi connectivity index (χ1v) is 9.05. The maximum Gasteiger partial charge on any atom is 0.231 e. The van der Waals surface area contributed by atoms with Crippen molar-refractivity contribution in [3.8, 4) is 11.5 Å². The van der Waals surface area contributed by atoms with Crippen LogP contribution in [-0.4, -0.2) is 81.2 Å². The summed E-state index contributed by atoms with van der Waals surface area (Å²) in [6.07, 6.45) is 0.334. The van der Waals surface area contributed by atoms with E-state index in [0.717, 1.165) is 24.4 Å². The Morgan fingerprint density at radius 1 is 1.31 bits per heavy atom. The summed E-state index contributed by atoms with van der Waals surface area (Å²) in [5, 5.41) is 9.71. The molecule has 1 aromatic rings. The molecule has 2 heterocycles. The molecule has 1 saturated heterocycles. The van der Waals surface area contributed by atoms with Gasteiger partial charge in [0.15, 0.2) is 11.5 Å². The minimum Gasteiger partial charge on any atom is -0.454 e. The lowest BCUT2D eigenvalue weighted by molar-refractivity contribution is -0.129. The number of methoxy groups -OCH3 is 1. The predicted molar refractivity (Wildman–Crippen MR) is 96.3 cm³/mol. The zero-order valence-electron chi connectivity index (χ0n) is 15.5. The Balaban J connectivity index is 1.56. The van der Waals surface area contributed by atoms with Gasteiger partial charge in [-0.2, -0.15) is 0 Å². The highest BCUT2D eigenvalue weighted by atomic mass is 16.7. The summed E-state index contributed by atoms with van der Waals surface area (Å²) in [6.45, 7) is 4.01. The molecule has 0 spiro atoms. The molecular formula is C19H28N2O5. The van der Waals surface area contributed by atoms with Crippen LogP contribution in [-0.2, 0) is 16.0 Å². The molecule has 144 valence electrons. The highest BCUT2D eigenvalue weighted by Gasteiger charge is 2.35. The average molecular weight is 364 g/mol. The number of carbonyl (C=O) groups is 1. The summed E-state index contributed by atoms with van der Waals surface area (Å²) in [6, 6.07) is 5.62. The second-order valence-electron chi connectivity index (χ2n) is 7.12. The van der Waals surface area contributed by atoms with E-state index in [0.29, 0.717) is 31.9 Å². The van der Waals surface area contributed by atoms with Gasteiger partial charge in [-0.05, 0) is 30.7 Å². The van der Waals surface area contributed by atoms with Crippen molar-refractivity contribution in [2.24, 2.45) is 11.8 Å². The van der Waals surface area contributed by atoms with E-state index in [9.17, 15) is 9.90 Å². The van der Waals surface area contributed by atoms with Crippen molar-refractivity contribution in [3.63, 3.8) is 0 Å². The Bertz CT molecular complexity index is 624. The molecular weight excluding hydrogens is 336 g/mol. The second kappa shape index (κ2) is 8.70. The molecule has 2 aliphatic heterocycles. The van der Waals surface area contributed by atoms with E-state index >= 15 is 0 Å². The Kier molecular flexibility index (Phi) is 6.34. The molecule has 1 aromatic carbocycles. The molecule has 1 fully saturated rings. The van der Waals surface area contributed by atoms with E-state index in [2.05, 4.69) is 4.90 Å². The molecule has 7 nitrogen and oxygen atoms in total. The highest BCUT2D eigenvalue weighted by molar-refractivity contribution is 5.79. The van der Waals surface area contributed by atoms with Crippen LogP contribution in [0.3, 0.4) is 0 Å². The van der Waals surface area contributed by atoms with Crippen molar-refractivity contribution in [3.05, 3.63) is 23.8 Å². The monoisotopic (exact) mass is 364 g/mol. The number of hydrogen-bond donors (Lipinski definition) is 1. The maximum absolute atomic E-state index is 12.7. The molecule has 26 heavy (non-hydrogen) atoms. The number of aliphatic hydroxyl groups is 1. The van der Waals surface area contributed by atoms with Crippen molar-refractivity contribution in [2.75, 3.05) is 60.3 Å². The van der Waals surface area contributed by atoms with Crippen LogP contribution >= 0.6 is 0 Å². The van der Waals surface area contributed by atoms with Crippen LogP contribution in [0.25, 0.3) is 0 Å². The molecule has 0 unspecified atom stereocenters. The number of likely N-dealkylation sites (N-methyl/N-ethyl adjacent to an activating group) is 1. The number of benzene rings is 1. The number of likely N-dealkylation sites (tertiary alicyclic amines) is 1. The third kappa shape index (κ3) is 4.47. The minimum absolute atomic E-state index is 0.0874. The van der Waals surface area contributed by atoms with Gasteiger partial charge in [0.25, 0.3) is 0 Å². The molecule has 2 aliphatic rings. The zero-order valence-corrected chi connectivity index (χ0v) is 15.5. The Morgan fingerprint density at radius 3 is 2.85 bits per heavy atom. The van der Waals surface area contributed by atoms with Gasteiger partial charge in [0, 0.05) is 45.8 Å². The molecule has 7 heteroatoms. The summed E-state index contributed by atoms with van der Waals surface area (Å²) in [5.74, 6) is 1.91. The fourth-order valence-electron chi connectivity index (χ4n) is 3.63. The normalized spacial score (nSPS) is 21.6. The summed E-state index contributed by atoms with van der Waals surface area (Å²) >= 11 is 0. The van der Waals surface area contributed by atoms with Crippen LogP contribution in [0.1, 0.15) is 5.56 Å². The van der Waals surface area contributed by atoms with Gasteiger partial charge in [-0.3, -0.25) is 4.79 Å². The van der Waals surface area contributed by atoms with E-state index < -0.39 is 0 Å². The molecule has 0 radical (unpaired) electrons. The second-order valence-corrected chi connectivity index (χ2v) is 7.12. The van der Waals surface area contributed by atoms with E-state index in [1.54, 1.807) is 7.11 Å². The van der Waals surface area contributed by atoms with E-state index in [1.165, 1.54) is 0 Å². The lowest BCUT2D eigenvalue weighted by atomic mass is 9.96. The van der Waals surface area contributed by atoms with Gasteiger partial charge in [-0.15, -0.1) is 0 Å². The topological polar surface area (TPSA) is 71.5 Å². The molecule has 1 N–H and O–H groups in total. The number of ether oxygens (including phenoxy) is 3. The SMILES string of the molecule is COCCN(C)C[C@@H]1CN(C(=O)Cc2ccc3c(c2)OCO3)C[C@@H]1CO. The molecule has 2 atom stereocenters. The largest absolute Gasteiger partial charge is 0.454 e. The standard InChI is InChI=1S/C19H28N2O5/c1-20(5-6-24-2)9-15-10-21(11-16(15)12-22)19(23)8-14-3-4-17-18(7-14)26-13-25-17/h3-4,7,15-16,22H,5-6,8-13H2,1-2H3/t15-,16-/m1/s1. The van der Waals surface area contributed by atoms with Gasteiger partial charge < -0.3 is 29.1 Å². The first-order valence-electron chi connectivity index (χ1n) is 9.05. The van der Waals surface area contributed by atoms with E-state index in [-0.39, 0.29) is 31.1 Å². The van der Waals surface area contributed by atoms with Gasteiger partial charge in [0.1, 0.15) is 0 Å². The van der Waals surface area contributed by atoms with Gasteiger partial charge in [-0.25, -0.2) is 0 Å². The van der Waals surface area contributed by atoms with Crippen LogP contribution < -0.4 is 9.47 Å². The van der Waals surface area contributed by atoms with Crippen molar-refractivity contribution < 1.29 is 24.1 Å². The maximum atomic E-state index is 12.7. The number of carbonyl (C=O) groups excluding carboxylic acids is 1. The Morgan fingerprint density at radius 2 is 2.08 bits per heavy atom. The molecule has 0 aromatic heterocycles. The number of aliphatic hydroxyl groups excluding tert-OH is 1. The summed E-state index contributed by atoms with van der Waals surface area (Å²) in [7, 11) is 3.74. The van der Waals surface area contributed by atoms with E-state index in [1.807, 2.05) is 30.1 Å². The summed E-state index contributed by atoms with van der Waals surface area (Å²) in [5.41, 5.74) is 0.917. The number of hydrogen-bond acceptors (Lipinski definition) is 6. The Labute approximate surface area is 154 Å². The van der Waals surface area contributed by atoms with Crippen molar-refractivity contribution in [1.29, 1.82) is 0 Å². The van der Waals surface area contributed by atoms with Crippen molar-refractivity contribution in [2.45, 2.75) is 6.42 Å². The van der Waals surface area contributed by atoms with Gasteiger partial charge in [0.05, 0.1) is 13.0 Å². The molecule has 0 bridgehead atoms. The third-order valence-corrected chi connectivity index (χ3v) is 5.18. The van der Waals surface area contributed by atoms with Crippen molar-refractivity contribution >= 4 is 5.91 Å². The number of rotatable bonds is 8. The smallest absolute Gasteiger partial charge is 0.231 e. The molecule has 0 saturated carbocycles. The summed E-state index contributed by atoms with van der Waals surface area (Å²) < 4.78 is 15.8. The van der Waals surface area contributed by atoms with Gasteiger partial charge >= 0.3 is 0 Å². The third-order valence-electron chi connectivity index (χ3n) is 5.18. The molecule has 0 aliphatic carbocycles. The first kappa shape index (κ1) is 18.9. The van der Waals surface area contributed by atoms with Gasteiger partial charge in [-0.1, -0.05) is 6.07 Å². The number of nitrogens with zero attached hydrogens (tertiary/aromatic N) is 2. The fourth-order valence-corrected chi connectivity index (χ4v) is 3.63. The fraction of sp³-hybridized carbons (Fsp3) is 0.632. The zero-order chi connectivity index (χ0) is 18.5. The Hall–Kier alpha value is -1.83. The first-order chi connectivity index (χ1) is 12.6. The average Bonchev–Trinajstić information content (AvgIpc) is 3.26. The number of fused-ring (bicyclic) bond motifs is 1. The summed E-state index contributed by atoms with van der Waals surface area (Å²) in [4.78, 5) is 16.8. The predicted octanol–water partition coefficient (Wildman–Crippen LogP) is 0.603. The van der Waals surface area contributed by atoms with Crippen LogP contribution in [0.4, 0.5) is 0 Å². The lowest BCUT2D eigenvalue weighted by Gasteiger charge is -2.23. The minimum atomic E-state index is 0.0874. The lowest BCUT2D eigenvalue weighted by Crippen LogP contribution is -2.34. The van der Waals surface area contributed by atoms with Gasteiger partial charge in [0.2, 0.25) is 12.7 Å². The quantitative estimate of drug-likeness (QED) is 0.729. The van der Waals surface area contributed by atoms with E-state index in [4.69, 9.17) is 14.2 Å². The van der Waals surface area contributed by atoms with Crippen LogP contribution in [0.5, 0.6) is 11.5 Å². The van der Waals surface area contributed by atoms with Crippen LogP contribution in [0, 0.1) is 11.8 Å². The molecule has 3 rings (SSSR count). The van der Waals surface area contributed by atoms with Crippen LogP contribution in [0.15, 0.2) is 18.2 Å². The van der Waals surface area contributed by atoms with Crippen molar-refractivity contribution in [1.82, 2.24) is 9.80 Å². The number of amides is 1.